The van der Waals surface area contributed by atoms with Crippen molar-refractivity contribution < 1.29 is 0 Å². The van der Waals surface area contributed by atoms with Gasteiger partial charge in [-0.3, -0.25) is 11.3 Å². The van der Waals surface area contributed by atoms with Crippen LogP contribution in [0.4, 0.5) is 0 Å². The summed E-state index contributed by atoms with van der Waals surface area (Å²) in [5, 5.41) is 8.56. The van der Waals surface area contributed by atoms with E-state index < -0.39 is 0 Å². The third kappa shape index (κ3) is 2.19. The summed E-state index contributed by atoms with van der Waals surface area (Å²) in [4.78, 5) is 0. The maximum absolute atomic E-state index is 8.56. The Labute approximate surface area is 66.2 Å². The quantitative estimate of drug-likeness (QED) is 0.447. The minimum absolute atomic E-state index is 0.680. The Morgan fingerprint density at radius 3 is 3.18 bits per heavy atom. The maximum atomic E-state index is 8.56. The molecule has 0 spiro atoms. The van der Waals surface area contributed by atoms with Crippen molar-refractivity contribution in [3.05, 3.63) is 23.3 Å². The van der Waals surface area contributed by atoms with Crippen molar-refractivity contribution in [1.82, 2.24) is 5.43 Å². The van der Waals surface area contributed by atoms with Crippen LogP contribution < -0.4 is 11.3 Å². The van der Waals surface area contributed by atoms with E-state index in [1.54, 1.807) is 0 Å². The summed E-state index contributed by atoms with van der Waals surface area (Å²) in [6.45, 7) is 0.680. The molecule has 1 rings (SSSR count). The highest BCUT2D eigenvalue weighted by Gasteiger charge is 2.03. The Kier molecular flexibility index (Phi) is 2.84. The van der Waals surface area contributed by atoms with Gasteiger partial charge >= 0.3 is 0 Å². The second-order valence-electron chi connectivity index (χ2n) is 2.49. The molecule has 0 aliphatic heterocycles. The summed E-state index contributed by atoms with van der Waals surface area (Å²) in [6.07, 6.45) is 5.80. The lowest BCUT2D eigenvalue weighted by molar-refractivity contribution is 0.757. The van der Waals surface area contributed by atoms with Crippen molar-refractivity contribution >= 4 is 0 Å². The topological polar surface area (TPSA) is 61.8 Å². The molecular weight excluding hydrogens is 138 g/mol. The number of nitrogens with one attached hydrogen (secondary N) is 1. The van der Waals surface area contributed by atoms with Crippen LogP contribution in [0, 0.1) is 11.3 Å². The first kappa shape index (κ1) is 7.99. The summed E-state index contributed by atoms with van der Waals surface area (Å²) in [7, 11) is 0. The fourth-order valence-electron chi connectivity index (χ4n) is 1.11. The Morgan fingerprint density at radius 2 is 2.55 bits per heavy atom. The van der Waals surface area contributed by atoms with E-state index in [4.69, 9.17) is 11.1 Å². The zero-order valence-electron chi connectivity index (χ0n) is 6.30. The molecule has 0 bridgehead atoms. The second kappa shape index (κ2) is 3.91. The van der Waals surface area contributed by atoms with Crippen LogP contribution in [0.3, 0.4) is 0 Å². The molecule has 0 fully saturated rings. The SMILES string of the molecule is N#CC1=CCCC(CNN)=C1. The lowest BCUT2D eigenvalue weighted by atomic mass is 10.0. The Morgan fingerprint density at radius 1 is 1.73 bits per heavy atom. The van der Waals surface area contributed by atoms with E-state index in [0.29, 0.717) is 6.54 Å². The highest BCUT2D eigenvalue weighted by atomic mass is 15.2. The Balaban J connectivity index is 2.62. The number of nitrogens with zero attached hydrogens (tertiary/aromatic N) is 1. The first-order valence-electron chi connectivity index (χ1n) is 3.60. The standard InChI is InChI=1S/C8H11N3/c9-5-7-2-1-3-8(4-7)6-11-10/h2,4,11H,1,3,6,10H2. The van der Waals surface area contributed by atoms with E-state index in [2.05, 4.69) is 11.5 Å². The van der Waals surface area contributed by atoms with Crippen LogP contribution in [0.2, 0.25) is 0 Å². The molecule has 0 saturated heterocycles. The van der Waals surface area contributed by atoms with E-state index in [0.717, 1.165) is 18.4 Å². The van der Waals surface area contributed by atoms with E-state index in [1.165, 1.54) is 5.57 Å². The van der Waals surface area contributed by atoms with Crippen molar-refractivity contribution in [1.29, 1.82) is 5.26 Å². The van der Waals surface area contributed by atoms with E-state index in [-0.39, 0.29) is 0 Å². The van der Waals surface area contributed by atoms with Crippen LogP contribution in [0.25, 0.3) is 0 Å². The summed E-state index contributed by atoms with van der Waals surface area (Å²) >= 11 is 0. The average molecular weight is 149 g/mol. The number of rotatable bonds is 2. The van der Waals surface area contributed by atoms with E-state index in [9.17, 15) is 0 Å². The van der Waals surface area contributed by atoms with Crippen LogP contribution in [0.15, 0.2) is 23.3 Å². The molecule has 0 atom stereocenters. The van der Waals surface area contributed by atoms with Gasteiger partial charge in [0.15, 0.2) is 0 Å². The van der Waals surface area contributed by atoms with Gasteiger partial charge in [-0.25, -0.2) is 0 Å². The van der Waals surface area contributed by atoms with Crippen molar-refractivity contribution in [3.8, 4) is 6.07 Å². The zero-order chi connectivity index (χ0) is 8.10. The minimum Gasteiger partial charge on any atom is -0.271 e. The monoisotopic (exact) mass is 149 g/mol. The normalized spacial score (nSPS) is 16.7. The fourth-order valence-corrected chi connectivity index (χ4v) is 1.11. The molecule has 0 unspecified atom stereocenters. The third-order valence-electron chi connectivity index (χ3n) is 1.65. The van der Waals surface area contributed by atoms with Crippen LogP contribution >= 0.6 is 0 Å². The first-order chi connectivity index (χ1) is 5.36. The highest BCUT2D eigenvalue weighted by molar-refractivity contribution is 5.38. The van der Waals surface area contributed by atoms with Gasteiger partial charge in [-0.15, -0.1) is 0 Å². The number of hydrazine groups is 1. The fraction of sp³-hybridized carbons (Fsp3) is 0.375. The lowest BCUT2D eigenvalue weighted by Crippen LogP contribution is -2.24. The van der Waals surface area contributed by atoms with Gasteiger partial charge in [-0.1, -0.05) is 11.6 Å². The number of nitriles is 1. The predicted octanol–water partition coefficient (Wildman–Crippen LogP) is 0.620. The molecule has 0 heterocycles. The van der Waals surface area contributed by atoms with Crippen LogP contribution in [0.1, 0.15) is 12.8 Å². The molecule has 3 N–H and O–H groups in total. The first-order valence-corrected chi connectivity index (χ1v) is 3.60. The molecule has 58 valence electrons. The van der Waals surface area contributed by atoms with Crippen LogP contribution in [0.5, 0.6) is 0 Å². The maximum Gasteiger partial charge on any atom is 0.0988 e. The molecule has 0 amide bonds. The molecule has 11 heavy (non-hydrogen) atoms. The average Bonchev–Trinajstić information content (AvgIpc) is 2.06. The summed E-state index contributed by atoms with van der Waals surface area (Å²) < 4.78 is 0. The summed E-state index contributed by atoms with van der Waals surface area (Å²) in [5.41, 5.74) is 4.53. The number of nitrogens with two attached hydrogens (primary N) is 1. The Hall–Kier alpha value is -1.11. The van der Waals surface area contributed by atoms with Gasteiger partial charge in [0.2, 0.25) is 0 Å². The number of hydrogen-bond donors (Lipinski definition) is 2. The molecule has 3 nitrogen and oxygen atoms in total. The largest absolute Gasteiger partial charge is 0.271 e. The van der Waals surface area contributed by atoms with Gasteiger partial charge in [0.1, 0.15) is 0 Å². The van der Waals surface area contributed by atoms with Crippen LogP contribution in [-0.2, 0) is 0 Å². The van der Waals surface area contributed by atoms with Crippen molar-refractivity contribution in [2.24, 2.45) is 5.84 Å². The molecule has 1 aliphatic carbocycles. The van der Waals surface area contributed by atoms with Crippen molar-refractivity contribution in [2.75, 3.05) is 6.54 Å². The smallest absolute Gasteiger partial charge is 0.0988 e. The zero-order valence-corrected chi connectivity index (χ0v) is 6.30. The molecule has 0 radical (unpaired) electrons. The summed E-state index contributed by atoms with van der Waals surface area (Å²) in [6, 6.07) is 2.11. The molecule has 1 aliphatic rings. The highest BCUT2D eigenvalue weighted by Crippen LogP contribution is 2.15. The number of allylic oxidation sites excluding steroid dienone is 3. The van der Waals surface area contributed by atoms with E-state index in [1.807, 2.05) is 12.2 Å². The van der Waals surface area contributed by atoms with Crippen molar-refractivity contribution in [3.63, 3.8) is 0 Å². The molecule has 0 aromatic carbocycles. The van der Waals surface area contributed by atoms with E-state index >= 15 is 0 Å². The van der Waals surface area contributed by atoms with Gasteiger partial charge in [-0.2, -0.15) is 5.26 Å². The minimum atomic E-state index is 0.680. The summed E-state index contributed by atoms with van der Waals surface area (Å²) in [5.74, 6) is 5.15. The molecule has 0 aromatic heterocycles. The van der Waals surface area contributed by atoms with Crippen LogP contribution in [-0.4, -0.2) is 6.54 Å². The Bertz CT molecular complexity index is 232. The molecule has 0 saturated carbocycles. The third-order valence-corrected chi connectivity index (χ3v) is 1.65. The van der Waals surface area contributed by atoms with Gasteiger partial charge in [0, 0.05) is 12.1 Å². The second-order valence-corrected chi connectivity index (χ2v) is 2.49. The van der Waals surface area contributed by atoms with Crippen molar-refractivity contribution in [2.45, 2.75) is 12.8 Å². The number of hydrogen-bond acceptors (Lipinski definition) is 3. The molecule has 3 heteroatoms. The predicted molar refractivity (Wildman–Crippen MR) is 43.2 cm³/mol. The molecular formula is C8H11N3. The lowest BCUT2D eigenvalue weighted by Gasteiger charge is -2.08. The van der Waals surface area contributed by atoms with Gasteiger partial charge in [-0.05, 0) is 18.9 Å². The van der Waals surface area contributed by atoms with Gasteiger partial charge in [0.25, 0.3) is 0 Å². The van der Waals surface area contributed by atoms with Gasteiger partial charge < -0.3 is 0 Å². The van der Waals surface area contributed by atoms with Gasteiger partial charge in [0.05, 0.1) is 6.07 Å². The molecule has 0 aromatic rings.